The Labute approximate surface area is 78.8 Å². The van der Waals surface area contributed by atoms with E-state index in [1.165, 1.54) is 0 Å². The first-order chi connectivity index (χ1) is 5.96. The lowest BCUT2D eigenvalue weighted by Gasteiger charge is -2.29. The third-order valence-electron chi connectivity index (χ3n) is 2.64. The molecule has 0 aliphatic heterocycles. The van der Waals surface area contributed by atoms with Gasteiger partial charge in [0.05, 0.1) is 6.10 Å². The average molecular weight is 180 g/mol. The molecule has 2 heteroatoms. The molecule has 1 aromatic carbocycles. The van der Waals surface area contributed by atoms with Crippen molar-refractivity contribution in [2.24, 2.45) is 0 Å². The van der Waals surface area contributed by atoms with E-state index in [1.807, 2.05) is 26.0 Å². The molecule has 2 nitrogen and oxygen atoms in total. The number of rotatable bonds is 2. The lowest BCUT2D eigenvalue weighted by Crippen LogP contribution is -2.30. The third kappa shape index (κ3) is 1.83. The SMILES string of the molecule is CC(O)C(C)(C)c1ccccc1O. The highest BCUT2D eigenvalue weighted by Crippen LogP contribution is 2.33. The van der Waals surface area contributed by atoms with Crippen molar-refractivity contribution in [2.75, 3.05) is 0 Å². The molecule has 0 radical (unpaired) electrons. The first kappa shape index (κ1) is 10.1. The number of benzene rings is 1. The maximum atomic E-state index is 9.58. The highest BCUT2D eigenvalue weighted by Gasteiger charge is 2.28. The maximum Gasteiger partial charge on any atom is 0.119 e. The van der Waals surface area contributed by atoms with Gasteiger partial charge in [-0.1, -0.05) is 32.0 Å². The van der Waals surface area contributed by atoms with Gasteiger partial charge in [-0.15, -0.1) is 0 Å². The standard InChI is InChI=1S/C11H16O2/c1-8(12)11(2,3)9-6-4-5-7-10(9)13/h4-8,12-13H,1-3H3. The molecule has 72 valence electrons. The molecule has 0 bridgehead atoms. The van der Waals surface area contributed by atoms with Gasteiger partial charge >= 0.3 is 0 Å². The summed E-state index contributed by atoms with van der Waals surface area (Å²) in [5.41, 5.74) is 0.371. The molecule has 13 heavy (non-hydrogen) atoms. The molecule has 0 saturated heterocycles. The van der Waals surface area contributed by atoms with E-state index in [9.17, 15) is 10.2 Å². The Balaban J connectivity index is 3.14. The molecule has 0 spiro atoms. The minimum atomic E-state index is -0.485. The highest BCUT2D eigenvalue weighted by atomic mass is 16.3. The molecule has 0 amide bonds. The summed E-state index contributed by atoms with van der Waals surface area (Å²) in [5.74, 6) is 0.244. The van der Waals surface area contributed by atoms with Crippen LogP contribution in [0.3, 0.4) is 0 Å². The first-order valence-electron chi connectivity index (χ1n) is 4.43. The summed E-state index contributed by atoms with van der Waals surface area (Å²) in [6, 6.07) is 7.11. The smallest absolute Gasteiger partial charge is 0.119 e. The average Bonchev–Trinajstić information content (AvgIpc) is 2.04. The van der Waals surface area contributed by atoms with Crippen LogP contribution in [0.2, 0.25) is 0 Å². The Morgan fingerprint density at radius 3 is 2.23 bits per heavy atom. The van der Waals surface area contributed by atoms with Crippen LogP contribution in [0.5, 0.6) is 5.75 Å². The number of phenols is 1. The number of aromatic hydroxyl groups is 1. The van der Waals surface area contributed by atoms with Crippen molar-refractivity contribution in [1.82, 2.24) is 0 Å². The maximum absolute atomic E-state index is 9.58. The Bertz CT molecular complexity index is 290. The van der Waals surface area contributed by atoms with Gasteiger partial charge in [0.25, 0.3) is 0 Å². The minimum Gasteiger partial charge on any atom is -0.508 e. The van der Waals surface area contributed by atoms with Crippen molar-refractivity contribution in [2.45, 2.75) is 32.3 Å². The molecule has 1 atom stereocenters. The van der Waals surface area contributed by atoms with Crippen LogP contribution in [0.15, 0.2) is 24.3 Å². The van der Waals surface area contributed by atoms with Gasteiger partial charge in [0, 0.05) is 11.0 Å². The molecule has 0 saturated carbocycles. The van der Waals surface area contributed by atoms with Crippen LogP contribution in [0, 0.1) is 0 Å². The van der Waals surface area contributed by atoms with Gasteiger partial charge in [-0.05, 0) is 13.0 Å². The lowest BCUT2D eigenvalue weighted by molar-refractivity contribution is 0.116. The van der Waals surface area contributed by atoms with E-state index in [4.69, 9.17) is 0 Å². The second kappa shape index (κ2) is 3.38. The molecule has 0 aromatic heterocycles. The van der Waals surface area contributed by atoms with Crippen molar-refractivity contribution < 1.29 is 10.2 Å². The summed E-state index contributed by atoms with van der Waals surface area (Å²) >= 11 is 0. The second-order valence-electron chi connectivity index (χ2n) is 3.91. The Morgan fingerprint density at radius 2 is 1.77 bits per heavy atom. The van der Waals surface area contributed by atoms with E-state index in [-0.39, 0.29) is 5.75 Å². The number of aliphatic hydroxyl groups excluding tert-OH is 1. The number of phenolic OH excluding ortho intramolecular Hbond substituents is 1. The summed E-state index contributed by atoms with van der Waals surface area (Å²) in [6.07, 6.45) is -0.485. The van der Waals surface area contributed by atoms with Crippen LogP contribution in [-0.2, 0) is 5.41 Å². The zero-order valence-corrected chi connectivity index (χ0v) is 8.28. The second-order valence-corrected chi connectivity index (χ2v) is 3.91. The lowest BCUT2D eigenvalue weighted by atomic mass is 9.79. The molecular weight excluding hydrogens is 164 g/mol. The fourth-order valence-electron chi connectivity index (χ4n) is 1.24. The monoisotopic (exact) mass is 180 g/mol. The van der Waals surface area contributed by atoms with Gasteiger partial charge in [0.15, 0.2) is 0 Å². The van der Waals surface area contributed by atoms with Crippen molar-refractivity contribution in [1.29, 1.82) is 0 Å². The molecule has 0 heterocycles. The molecule has 0 aliphatic carbocycles. The van der Waals surface area contributed by atoms with Crippen LogP contribution in [-0.4, -0.2) is 16.3 Å². The Hall–Kier alpha value is -1.02. The topological polar surface area (TPSA) is 40.5 Å². The molecule has 0 aliphatic rings. The fourth-order valence-corrected chi connectivity index (χ4v) is 1.24. The van der Waals surface area contributed by atoms with Gasteiger partial charge in [-0.25, -0.2) is 0 Å². The normalized spacial score (nSPS) is 14.2. The van der Waals surface area contributed by atoms with Crippen LogP contribution in [0.25, 0.3) is 0 Å². The van der Waals surface area contributed by atoms with Crippen molar-refractivity contribution >= 4 is 0 Å². The predicted molar refractivity (Wildman–Crippen MR) is 52.8 cm³/mol. The molecule has 2 N–H and O–H groups in total. The molecule has 1 rings (SSSR count). The zero-order chi connectivity index (χ0) is 10.1. The predicted octanol–water partition coefficient (Wildman–Crippen LogP) is 2.05. The molecule has 1 unspecified atom stereocenters. The fraction of sp³-hybridized carbons (Fsp3) is 0.455. The molecule has 1 aromatic rings. The van der Waals surface area contributed by atoms with Gasteiger partial charge in [-0.3, -0.25) is 0 Å². The number of aliphatic hydroxyl groups is 1. The van der Waals surface area contributed by atoms with Crippen LogP contribution >= 0.6 is 0 Å². The van der Waals surface area contributed by atoms with E-state index in [0.717, 1.165) is 5.56 Å². The Kier molecular flexibility index (Phi) is 2.62. The summed E-state index contributed by atoms with van der Waals surface area (Å²) in [6.45, 7) is 5.55. The van der Waals surface area contributed by atoms with Crippen molar-refractivity contribution in [3.63, 3.8) is 0 Å². The molecular formula is C11H16O2. The minimum absolute atomic E-state index is 0.244. The number of hydrogen-bond donors (Lipinski definition) is 2. The summed E-state index contributed by atoms with van der Waals surface area (Å²) < 4.78 is 0. The van der Waals surface area contributed by atoms with Crippen molar-refractivity contribution in [3.05, 3.63) is 29.8 Å². The number of hydrogen-bond acceptors (Lipinski definition) is 2. The van der Waals surface area contributed by atoms with E-state index in [0.29, 0.717) is 0 Å². The van der Waals surface area contributed by atoms with Gasteiger partial charge in [0.1, 0.15) is 5.75 Å². The third-order valence-corrected chi connectivity index (χ3v) is 2.64. The van der Waals surface area contributed by atoms with E-state index in [1.54, 1.807) is 19.1 Å². The number of para-hydroxylation sites is 1. The van der Waals surface area contributed by atoms with Crippen molar-refractivity contribution in [3.8, 4) is 5.75 Å². The largest absolute Gasteiger partial charge is 0.508 e. The van der Waals surface area contributed by atoms with E-state index < -0.39 is 11.5 Å². The van der Waals surface area contributed by atoms with E-state index in [2.05, 4.69) is 0 Å². The zero-order valence-electron chi connectivity index (χ0n) is 8.28. The molecule has 0 fully saturated rings. The van der Waals surface area contributed by atoms with E-state index >= 15 is 0 Å². The van der Waals surface area contributed by atoms with Gasteiger partial charge in [0.2, 0.25) is 0 Å². The van der Waals surface area contributed by atoms with Crippen LogP contribution in [0.4, 0.5) is 0 Å². The summed E-state index contributed by atoms with van der Waals surface area (Å²) in [4.78, 5) is 0. The van der Waals surface area contributed by atoms with Gasteiger partial charge < -0.3 is 10.2 Å². The summed E-state index contributed by atoms with van der Waals surface area (Å²) in [7, 11) is 0. The Morgan fingerprint density at radius 1 is 1.23 bits per heavy atom. The van der Waals surface area contributed by atoms with Crippen LogP contribution < -0.4 is 0 Å². The quantitative estimate of drug-likeness (QED) is 0.731. The highest BCUT2D eigenvalue weighted by molar-refractivity contribution is 5.38. The first-order valence-corrected chi connectivity index (χ1v) is 4.43. The van der Waals surface area contributed by atoms with Gasteiger partial charge in [-0.2, -0.15) is 0 Å². The van der Waals surface area contributed by atoms with Crippen LogP contribution in [0.1, 0.15) is 26.3 Å². The summed E-state index contributed by atoms with van der Waals surface area (Å²) in [5, 5.41) is 19.1.